The van der Waals surface area contributed by atoms with Crippen LogP contribution >= 0.6 is 0 Å². The first kappa shape index (κ1) is 20.0. The van der Waals surface area contributed by atoms with Gasteiger partial charge in [-0.1, -0.05) is 31.7 Å². The van der Waals surface area contributed by atoms with Crippen LogP contribution in [0, 0.1) is 0 Å². The van der Waals surface area contributed by atoms with Gasteiger partial charge < -0.3 is 25.4 Å². The summed E-state index contributed by atoms with van der Waals surface area (Å²) in [6, 6.07) is 4.70. The molecule has 152 valence electrons. The number of hydrogen-bond acceptors (Lipinski definition) is 4. The molecule has 3 rings (SSSR count). The molecule has 0 saturated heterocycles. The standard InChI is InChI=1S/C21H29N3O4/c1-13-18(20(25)23-15-8-6-4-5-7-9-15)19(24-21(26)22-13)14-10-11-16(27-2)17(12-14)28-3/h10-12,15,19H,4-9H2,1-3H3,(H,23,25)(H2,22,24,26). The molecule has 1 unspecified atom stereocenters. The minimum Gasteiger partial charge on any atom is -0.493 e. The summed E-state index contributed by atoms with van der Waals surface area (Å²) < 4.78 is 10.7. The Kier molecular flexibility index (Phi) is 6.44. The van der Waals surface area contributed by atoms with Crippen molar-refractivity contribution in [3.63, 3.8) is 0 Å². The third-order valence-electron chi connectivity index (χ3n) is 5.45. The van der Waals surface area contributed by atoms with Crippen molar-refractivity contribution in [2.24, 2.45) is 0 Å². The van der Waals surface area contributed by atoms with Gasteiger partial charge in [-0.05, 0) is 37.5 Å². The molecule has 1 saturated carbocycles. The van der Waals surface area contributed by atoms with E-state index in [1.807, 2.05) is 6.07 Å². The van der Waals surface area contributed by atoms with Crippen molar-refractivity contribution in [1.82, 2.24) is 16.0 Å². The fourth-order valence-electron chi connectivity index (χ4n) is 3.96. The van der Waals surface area contributed by atoms with E-state index >= 15 is 0 Å². The lowest BCUT2D eigenvalue weighted by molar-refractivity contribution is -0.118. The molecule has 0 radical (unpaired) electrons. The second kappa shape index (κ2) is 8.99. The fourth-order valence-corrected chi connectivity index (χ4v) is 3.96. The summed E-state index contributed by atoms with van der Waals surface area (Å²) in [5.41, 5.74) is 1.85. The summed E-state index contributed by atoms with van der Waals surface area (Å²) in [6.07, 6.45) is 6.71. The van der Waals surface area contributed by atoms with Gasteiger partial charge in [0.1, 0.15) is 0 Å². The molecule has 0 aromatic heterocycles. The third-order valence-corrected chi connectivity index (χ3v) is 5.45. The molecule has 3 amide bonds. The molecule has 1 aromatic rings. The van der Waals surface area contributed by atoms with Gasteiger partial charge in [0, 0.05) is 11.7 Å². The zero-order chi connectivity index (χ0) is 20.1. The van der Waals surface area contributed by atoms with E-state index in [4.69, 9.17) is 9.47 Å². The summed E-state index contributed by atoms with van der Waals surface area (Å²) in [5, 5.41) is 8.77. The SMILES string of the molecule is COc1ccc(C2NC(=O)NC(C)=C2C(=O)NC2CCCCCC2)cc1OC. The van der Waals surface area contributed by atoms with E-state index in [2.05, 4.69) is 16.0 Å². The van der Waals surface area contributed by atoms with E-state index in [9.17, 15) is 9.59 Å². The Morgan fingerprint density at radius 2 is 1.75 bits per heavy atom. The number of hydrogen-bond donors (Lipinski definition) is 3. The molecule has 7 nitrogen and oxygen atoms in total. The molecule has 0 spiro atoms. The number of allylic oxidation sites excluding steroid dienone is 1. The lowest BCUT2D eigenvalue weighted by Gasteiger charge is -2.30. The van der Waals surface area contributed by atoms with Crippen molar-refractivity contribution in [3.8, 4) is 11.5 Å². The van der Waals surface area contributed by atoms with E-state index in [-0.39, 0.29) is 18.0 Å². The van der Waals surface area contributed by atoms with Crippen LogP contribution in [0.3, 0.4) is 0 Å². The molecule has 7 heteroatoms. The Labute approximate surface area is 165 Å². The van der Waals surface area contributed by atoms with Gasteiger partial charge in [-0.3, -0.25) is 4.79 Å². The number of benzene rings is 1. The Morgan fingerprint density at radius 1 is 1.07 bits per heavy atom. The highest BCUT2D eigenvalue weighted by Gasteiger charge is 2.32. The maximum Gasteiger partial charge on any atom is 0.319 e. The molecular weight excluding hydrogens is 358 g/mol. The zero-order valence-corrected chi connectivity index (χ0v) is 16.8. The lowest BCUT2D eigenvalue weighted by atomic mass is 9.94. The van der Waals surface area contributed by atoms with Crippen LogP contribution in [0.4, 0.5) is 4.79 Å². The molecule has 1 aliphatic heterocycles. The van der Waals surface area contributed by atoms with Gasteiger partial charge in [-0.25, -0.2) is 4.79 Å². The van der Waals surface area contributed by atoms with Crippen LogP contribution in [0.25, 0.3) is 0 Å². The summed E-state index contributed by atoms with van der Waals surface area (Å²) in [4.78, 5) is 25.2. The third kappa shape index (κ3) is 4.40. The van der Waals surface area contributed by atoms with Crippen LogP contribution < -0.4 is 25.4 Å². The van der Waals surface area contributed by atoms with Crippen LogP contribution in [0.1, 0.15) is 57.1 Å². The van der Waals surface area contributed by atoms with Gasteiger partial charge >= 0.3 is 6.03 Å². The molecule has 2 aliphatic rings. The number of nitrogens with one attached hydrogen (secondary N) is 3. The van der Waals surface area contributed by atoms with E-state index in [1.165, 1.54) is 12.8 Å². The minimum absolute atomic E-state index is 0.142. The predicted molar refractivity (Wildman–Crippen MR) is 106 cm³/mol. The zero-order valence-electron chi connectivity index (χ0n) is 16.8. The summed E-state index contributed by atoms with van der Waals surface area (Å²) in [5.74, 6) is 1.00. The molecule has 3 N–H and O–H groups in total. The highest BCUT2D eigenvalue weighted by atomic mass is 16.5. The second-order valence-corrected chi connectivity index (χ2v) is 7.35. The van der Waals surface area contributed by atoms with Crippen molar-refractivity contribution in [2.75, 3.05) is 14.2 Å². The number of amides is 3. The summed E-state index contributed by atoms with van der Waals surface area (Å²) >= 11 is 0. The van der Waals surface area contributed by atoms with E-state index in [0.717, 1.165) is 31.2 Å². The molecule has 1 aromatic carbocycles. The van der Waals surface area contributed by atoms with Crippen LogP contribution in [-0.2, 0) is 4.79 Å². The second-order valence-electron chi connectivity index (χ2n) is 7.35. The monoisotopic (exact) mass is 387 g/mol. The first-order valence-corrected chi connectivity index (χ1v) is 9.84. The van der Waals surface area contributed by atoms with Crippen molar-refractivity contribution in [2.45, 2.75) is 57.5 Å². The number of carbonyl (C=O) groups is 2. The van der Waals surface area contributed by atoms with E-state index in [0.29, 0.717) is 22.8 Å². The molecule has 0 bridgehead atoms. The molecule has 1 heterocycles. The smallest absolute Gasteiger partial charge is 0.319 e. The van der Waals surface area contributed by atoms with E-state index < -0.39 is 6.04 Å². The Morgan fingerprint density at radius 3 is 2.39 bits per heavy atom. The number of carbonyl (C=O) groups excluding carboxylic acids is 2. The molecule has 1 atom stereocenters. The number of methoxy groups -OCH3 is 2. The average Bonchev–Trinajstić information content (AvgIpc) is 2.95. The van der Waals surface area contributed by atoms with Gasteiger partial charge in [-0.2, -0.15) is 0 Å². The van der Waals surface area contributed by atoms with Gasteiger partial charge in [0.2, 0.25) is 0 Å². The molecule has 1 fully saturated rings. The van der Waals surface area contributed by atoms with E-state index in [1.54, 1.807) is 33.3 Å². The van der Waals surface area contributed by atoms with Crippen molar-refractivity contribution in [1.29, 1.82) is 0 Å². The Bertz CT molecular complexity index is 767. The topological polar surface area (TPSA) is 88.7 Å². The van der Waals surface area contributed by atoms with Gasteiger partial charge in [0.05, 0.1) is 25.8 Å². The van der Waals surface area contributed by atoms with Crippen molar-refractivity contribution < 1.29 is 19.1 Å². The largest absolute Gasteiger partial charge is 0.493 e. The predicted octanol–water partition coefficient (Wildman–Crippen LogP) is 3.17. The Hall–Kier alpha value is -2.70. The van der Waals surface area contributed by atoms with Gasteiger partial charge in [0.15, 0.2) is 11.5 Å². The van der Waals surface area contributed by atoms with Gasteiger partial charge in [0.25, 0.3) is 5.91 Å². The minimum atomic E-state index is -0.556. The molecule has 28 heavy (non-hydrogen) atoms. The lowest BCUT2D eigenvalue weighted by Crippen LogP contribution is -2.48. The molecule has 1 aliphatic carbocycles. The van der Waals surface area contributed by atoms with Crippen LogP contribution in [0.2, 0.25) is 0 Å². The maximum atomic E-state index is 13.1. The quantitative estimate of drug-likeness (QED) is 0.677. The van der Waals surface area contributed by atoms with Crippen LogP contribution in [-0.4, -0.2) is 32.2 Å². The number of rotatable bonds is 5. The van der Waals surface area contributed by atoms with Crippen LogP contribution in [0.5, 0.6) is 11.5 Å². The van der Waals surface area contributed by atoms with Gasteiger partial charge in [-0.15, -0.1) is 0 Å². The number of ether oxygens (including phenoxy) is 2. The highest BCUT2D eigenvalue weighted by molar-refractivity contribution is 5.98. The van der Waals surface area contributed by atoms with Crippen molar-refractivity contribution in [3.05, 3.63) is 35.0 Å². The fraction of sp³-hybridized carbons (Fsp3) is 0.524. The van der Waals surface area contributed by atoms with Crippen LogP contribution in [0.15, 0.2) is 29.5 Å². The number of urea groups is 1. The first-order chi connectivity index (χ1) is 13.5. The summed E-state index contributed by atoms with van der Waals surface area (Å²) in [6.45, 7) is 1.76. The first-order valence-electron chi connectivity index (χ1n) is 9.84. The average molecular weight is 387 g/mol. The van der Waals surface area contributed by atoms with Crippen molar-refractivity contribution >= 4 is 11.9 Å². The molecular formula is C21H29N3O4. The maximum absolute atomic E-state index is 13.1. The normalized spacial score (nSPS) is 20.7. The Balaban J connectivity index is 1.89. The highest BCUT2D eigenvalue weighted by Crippen LogP contribution is 2.34. The summed E-state index contributed by atoms with van der Waals surface area (Å²) in [7, 11) is 3.13.